The molecule has 4 nitrogen and oxygen atoms in total. The van der Waals surface area contributed by atoms with Gasteiger partial charge in [-0.3, -0.25) is 4.99 Å². The number of rotatable bonds is 5. The molecule has 0 aromatic carbocycles. The van der Waals surface area contributed by atoms with Crippen molar-refractivity contribution in [3.05, 3.63) is 11.8 Å². The van der Waals surface area contributed by atoms with Crippen LogP contribution >= 0.6 is 0 Å². The summed E-state index contributed by atoms with van der Waals surface area (Å²) >= 11 is 0. The van der Waals surface area contributed by atoms with Gasteiger partial charge in [-0.05, 0) is 25.0 Å². The van der Waals surface area contributed by atoms with E-state index < -0.39 is 0 Å². The maximum absolute atomic E-state index is 8.38. The van der Waals surface area contributed by atoms with E-state index in [0.29, 0.717) is 6.54 Å². The Kier molecular flexibility index (Phi) is 3.76. The zero-order valence-corrected chi connectivity index (χ0v) is 7.03. The topological polar surface area (TPSA) is 70.6 Å². The molecule has 68 valence electrons. The van der Waals surface area contributed by atoms with Gasteiger partial charge in [-0.2, -0.15) is 0 Å². The maximum atomic E-state index is 8.38. The maximum Gasteiger partial charge on any atom is 0.0487 e. The van der Waals surface area contributed by atoms with Crippen molar-refractivity contribution in [2.24, 2.45) is 16.6 Å². The number of nitrogens with one attached hydrogen (secondary N) is 1. The first-order valence-electron chi connectivity index (χ1n) is 4.14. The average molecular weight is 169 g/mol. The molecule has 0 unspecified atom stereocenters. The predicted molar refractivity (Wildman–Crippen MR) is 48.1 cm³/mol. The molecule has 0 aromatic rings. The van der Waals surface area contributed by atoms with E-state index in [1.54, 1.807) is 6.21 Å². The molecule has 0 bridgehead atoms. The van der Waals surface area contributed by atoms with E-state index in [9.17, 15) is 0 Å². The largest absolute Gasteiger partial charge is 0.404 e. The van der Waals surface area contributed by atoms with Crippen LogP contribution in [0.4, 0.5) is 0 Å². The van der Waals surface area contributed by atoms with Crippen LogP contribution < -0.4 is 11.2 Å². The van der Waals surface area contributed by atoms with E-state index in [4.69, 9.17) is 10.9 Å². The molecule has 0 aromatic heterocycles. The van der Waals surface area contributed by atoms with Crippen LogP contribution in [-0.4, -0.2) is 24.5 Å². The van der Waals surface area contributed by atoms with Crippen molar-refractivity contribution in [3.8, 4) is 0 Å². The fourth-order valence-electron chi connectivity index (χ4n) is 0.858. The lowest BCUT2D eigenvalue weighted by Crippen LogP contribution is -2.13. The van der Waals surface area contributed by atoms with Crippen LogP contribution in [0, 0.1) is 5.92 Å². The van der Waals surface area contributed by atoms with Gasteiger partial charge in [-0.1, -0.05) is 0 Å². The van der Waals surface area contributed by atoms with Gasteiger partial charge in [-0.15, -0.1) is 0 Å². The third-order valence-corrected chi connectivity index (χ3v) is 1.81. The van der Waals surface area contributed by atoms with E-state index >= 15 is 0 Å². The highest BCUT2D eigenvalue weighted by atomic mass is 16.5. The van der Waals surface area contributed by atoms with Crippen molar-refractivity contribution < 1.29 is 5.21 Å². The number of nitrogens with zero attached hydrogens (tertiary/aromatic N) is 1. The SMILES string of the molecule is NC=C(C=NCC1CC1)CNO. The Morgan fingerprint density at radius 2 is 2.42 bits per heavy atom. The molecule has 0 atom stereocenters. The monoisotopic (exact) mass is 169 g/mol. The molecule has 0 aliphatic heterocycles. The lowest BCUT2D eigenvalue weighted by atomic mass is 10.3. The number of nitrogens with two attached hydrogens (primary N) is 1. The molecule has 0 saturated heterocycles. The highest BCUT2D eigenvalue weighted by Gasteiger charge is 2.19. The Balaban J connectivity index is 2.20. The zero-order valence-electron chi connectivity index (χ0n) is 7.03. The Bertz CT molecular complexity index is 185. The van der Waals surface area contributed by atoms with E-state index in [2.05, 4.69) is 4.99 Å². The summed E-state index contributed by atoms with van der Waals surface area (Å²) in [6.45, 7) is 1.24. The number of aliphatic imine (C=N–C) groups is 1. The Morgan fingerprint density at radius 3 is 2.92 bits per heavy atom. The molecule has 0 radical (unpaired) electrons. The molecule has 1 saturated carbocycles. The summed E-state index contributed by atoms with van der Waals surface area (Å²) in [6.07, 6.45) is 5.76. The highest BCUT2D eigenvalue weighted by molar-refractivity contribution is 5.78. The summed E-state index contributed by atoms with van der Waals surface area (Å²) in [5, 5.41) is 8.38. The van der Waals surface area contributed by atoms with Crippen LogP contribution in [0.1, 0.15) is 12.8 Å². The van der Waals surface area contributed by atoms with Crippen molar-refractivity contribution in [2.75, 3.05) is 13.1 Å². The van der Waals surface area contributed by atoms with Gasteiger partial charge in [0.2, 0.25) is 0 Å². The van der Waals surface area contributed by atoms with Gasteiger partial charge < -0.3 is 10.9 Å². The van der Waals surface area contributed by atoms with E-state index in [1.165, 1.54) is 19.0 Å². The van der Waals surface area contributed by atoms with Crippen molar-refractivity contribution in [1.29, 1.82) is 0 Å². The fourth-order valence-corrected chi connectivity index (χ4v) is 0.858. The molecule has 1 rings (SSSR count). The number of hydroxylamine groups is 1. The molecule has 4 N–H and O–H groups in total. The zero-order chi connectivity index (χ0) is 8.81. The van der Waals surface area contributed by atoms with Crippen molar-refractivity contribution in [2.45, 2.75) is 12.8 Å². The van der Waals surface area contributed by atoms with Crippen molar-refractivity contribution >= 4 is 6.21 Å². The highest BCUT2D eigenvalue weighted by Crippen LogP contribution is 2.28. The first-order chi connectivity index (χ1) is 5.86. The molecule has 0 heterocycles. The Morgan fingerprint density at radius 1 is 1.67 bits per heavy atom. The second-order valence-electron chi connectivity index (χ2n) is 3.01. The standard InChI is InChI=1S/C8H15N3O/c9-3-8(6-11-12)5-10-4-7-1-2-7/h3,5,7,11-12H,1-2,4,6,9H2. The quantitative estimate of drug-likeness (QED) is 0.409. The van der Waals surface area contributed by atoms with Gasteiger partial charge in [-0.25, -0.2) is 5.48 Å². The number of hydrogen-bond acceptors (Lipinski definition) is 4. The van der Waals surface area contributed by atoms with Crippen LogP contribution in [-0.2, 0) is 0 Å². The lowest BCUT2D eigenvalue weighted by molar-refractivity contribution is 0.178. The van der Waals surface area contributed by atoms with Crippen molar-refractivity contribution in [3.63, 3.8) is 0 Å². The van der Waals surface area contributed by atoms with Gasteiger partial charge in [0.1, 0.15) is 0 Å². The molecule has 0 amide bonds. The minimum Gasteiger partial charge on any atom is -0.404 e. The molecular weight excluding hydrogens is 154 g/mol. The minimum absolute atomic E-state index is 0.352. The third kappa shape index (κ3) is 3.50. The summed E-state index contributed by atoms with van der Waals surface area (Å²) in [7, 11) is 0. The summed E-state index contributed by atoms with van der Waals surface area (Å²) in [4.78, 5) is 4.20. The summed E-state index contributed by atoms with van der Waals surface area (Å²) < 4.78 is 0. The Hall–Kier alpha value is -0.870. The second kappa shape index (κ2) is 4.90. The van der Waals surface area contributed by atoms with Gasteiger partial charge in [0.25, 0.3) is 0 Å². The van der Waals surface area contributed by atoms with Crippen LogP contribution in [0.2, 0.25) is 0 Å². The van der Waals surface area contributed by atoms with Gasteiger partial charge >= 0.3 is 0 Å². The fraction of sp³-hybridized carbons (Fsp3) is 0.625. The third-order valence-electron chi connectivity index (χ3n) is 1.81. The van der Waals surface area contributed by atoms with E-state index in [1.807, 2.05) is 5.48 Å². The second-order valence-corrected chi connectivity index (χ2v) is 3.01. The van der Waals surface area contributed by atoms with Gasteiger partial charge in [0.05, 0.1) is 0 Å². The van der Waals surface area contributed by atoms with Gasteiger partial charge in [0.15, 0.2) is 0 Å². The average Bonchev–Trinajstić information content (AvgIpc) is 2.87. The summed E-state index contributed by atoms with van der Waals surface area (Å²) in [6, 6.07) is 0. The van der Waals surface area contributed by atoms with Crippen LogP contribution in [0.15, 0.2) is 16.8 Å². The summed E-state index contributed by atoms with van der Waals surface area (Å²) in [5.41, 5.74) is 8.12. The normalized spacial score (nSPS) is 18.9. The molecule has 1 aliphatic carbocycles. The first-order valence-corrected chi connectivity index (χ1v) is 4.14. The van der Waals surface area contributed by atoms with E-state index in [-0.39, 0.29) is 0 Å². The van der Waals surface area contributed by atoms with Crippen LogP contribution in [0.5, 0.6) is 0 Å². The molecule has 0 spiro atoms. The first kappa shape index (κ1) is 9.22. The lowest BCUT2D eigenvalue weighted by Gasteiger charge is -1.96. The number of hydrogen-bond donors (Lipinski definition) is 3. The Labute approximate surface area is 72.1 Å². The van der Waals surface area contributed by atoms with Crippen LogP contribution in [0.3, 0.4) is 0 Å². The molecule has 12 heavy (non-hydrogen) atoms. The van der Waals surface area contributed by atoms with E-state index in [0.717, 1.165) is 18.0 Å². The van der Waals surface area contributed by atoms with Crippen LogP contribution in [0.25, 0.3) is 0 Å². The van der Waals surface area contributed by atoms with Gasteiger partial charge in [0, 0.05) is 24.9 Å². The molecule has 1 aliphatic rings. The molecular formula is C8H15N3O. The molecule has 1 fully saturated rings. The minimum atomic E-state index is 0.352. The summed E-state index contributed by atoms with van der Waals surface area (Å²) in [5.74, 6) is 0.794. The predicted octanol–water partition coefficient (Wildman–Crippen LogP) is 0.289. The smallest absolute Gasteiger partial charge is 0.0487 e. The van der Waals surface area contributed by atoms with Crippen molar-refractivity contribution in [1.82, 2.24) is 5.48 Å². The molecule has 4 heteroatoms.